The third-order valence-corrected chi connectivity index (χ3v) is 9.08. The lowest BCUT2D eigenvalue weighted by atomic mass is 9.56. The molecule has 7 heteroatoms. The molecule has 2 bridgehead atoms. The minimum Gasteiger partial charge on any atom is -0.475 e. The van der Waals surface area contributed by atoms with E-state index in [1.54, 1.807) is 16.8 Å². The molecule has 3 saturated carbocycles. The van der Waals surface area contributed by atoms with Gasteiger partial charge in [-0.1, -0.05) is 13.8 Å². The lowest BCUT2D eigenvalue weighted by molar-refractivity contribution is -0.150. The highest BCUT2D eigenvalue weighted by Crippen LogP contribution is 2.54. The second-order valence-corrected chi connectivity index (χ2v) is 12.3. The molecule has 1 amide bonds. The standard InChI is InChI=1S/C28H41N5O2/c1-17-7-20-8-18(2)12-28(11-17,13-20)27(34)33-14-21-9-23(10-22(21)15-33)35-26(30)6-5-25(29)24-16-32(4)31-19(24)3/h5-6,16-18,20-23,29-30H,7-15H2,1-4H3/b6-5-,29-25?,30-26?/t17?,18?,20?,21-,22+,23?,28?. The van der Waals surface area contributed by atoms with Gasteiger partial charge in [0.15, 0.2) is 0 Å². The van der Waals surface area contributed by atoms with Gasteiger partial charge in [0.1, 0.15) is 6.10 Å². The summed E-state index contributed by atoms with van der Waals surface area (Å²) in [6.45, 7) is 8.27. The third-order valence-electron chi connectivity index (χ3n) is 9.08. The van der Waals surface area contributed by atoms with Gasteiger partial charge in [0.05, 0.1) is 16.8 Å². The van der Waals surface area contributed by atoms with Crippen LogP contribution in [0.1, 0.15) is 70.1 Å². The molecule has 1 saturated heterocycles. The van der Waals surface area contributed by atoms with Gasteiger partial charge < -0.3 is 15.0 Å². The van der Waals surface area contributed by atoms with Crippen LogP contribution in [0, 0.1) is 52.7 Å². The summed E-state index contributed by atoms with van der Waals surface area (Å²) in [6.07, 6.45) is 12.7. The fourth-order valence-corrected chi connectivity index (χ4v) is 8.14. The molecule has 2 heterocycles. The van der Waals surface area contributed by atoms with Crippen molar-refractivity contribution in [2.24, 2.45) is 42.1 Å². The predicted octanol–water partition coefficient (Wildman–Crippen LogP) is 4.74. The van der Waals surface area contributed by atoms with Crippen LogP contribution in [0.2, 0.25) is 0 Å². The Bertz CT molecular complexity index is 1010. The monoisotopic (exact) mass is 479 g/mol. The zero-order valence-electron chi connectivity index (χ0n) is 21.7. The Labute approximate surface area is 209 Å². The van der Waals surface area contributed by atoms with Crippen LogP contribution in [0.5, 0.6) is 0 Å². The van der Waals surface area contributed by atoms with Crippen LogP contribution in [-0.4, -0.2) is 51.4 Å². The number of amides is 1. The molecule has 35 heavy (non-hydrogen) atoms. The average molecular weight is 480 g/mol. The Kier molecular flexibility index (Phi) is 6.39. The van der Waals surface area contributed by atoms with E-state index in [0.29, 0.717) is 35.3 Å². The Morgan fingerprint density at radius 2 is 1.69 bits per heavy atom. The van der Waals surface area contributed by atoms with Crippen molar-refractivity contribution in [2.45, 2.75) is 71.8 Å². The number of fused-ring (bicyclic) bond motifs is 3. The molecule has 3 aliphatic carbocycles. The van der Waals surface area contributed by atoms with Gasteiger partial charge in [0.2, 0.25) is 11.8 Å². The lowest BCUT2D eigenvalue weighted by Gasteiger charge is -2.50. The molecule has 0 radical (unpaired) electrons. The number of likely N-dealkylation sites (tertiary alicyclic amines) is 1. The minimum absolute atomic E-state index is 0.0284. The summed E-state index contributed by atoms with van der Waals surface area (Å²) < 4.78 is 7.65. The van der Waals surface area contributed by atoms with Crippen molar-refractivity contribution >= 4 is 17.5 Å². The molecule has 7 nitrogen and oxygen atoms in total. The first-order valence-electron chi connectivity index (χ1n) is 13.4. The van der Waals surface area contributed by atoms with E-state index in [0.717, 1.165) is 62.4 Å². The van der Waals surface area contributed by atoms with Gasteiger partial charge in [0.25, 0.3) is 0 Å². The van der Waals surface area contributed by atoms with Gasteiger partial charge in [-0.2, -0.15) is 5.10 Å². The number of hydrogen-bond acceptors (Lipinski definition) is 5. The Balaban J connectivity index is 1.14. The summed E-state index contributed by atoms with van der Waals surface area (Å²) in [5.41, 5.74) is 1.79. The van der Waals surface area contributed by atoms with E-state index >= 15 is 0 Å². The highest BCUT2D eigenvalue weighted by molar-refractivity contribution is 6.09. The zero-order valence-corrected chi connectivity index (χ0v) is 21.7. The molecule has 1 aromatic rings. The molecular weight excluding hydrogens is 438 g/mol. The fourth-order valence-electron chi connectivity index (χ4n) is 8.14. The molecule has 1 aliphatic heterocycles. The molecule has 5 rings (SSSR count). The molecule has 190 valence electrons. The topological polar surface area (TPSA) is 95.1 Å². The lowest BCUT2D eigenvalue weighted by Crippen LogP contribution is -2.50. The second kappa shape index (κ2) is 9.21. The first-order chi connectivity index (χ1) is 16.6. The van der Waals surface area contributed by atoms with Gasteiger partial charge in [-0.3, -0.25) is 14.9 Å². The van der Waals surface area contributed by atoms with Crippen molar-refractivity contribution in [3.63, 3.8) is 0 Å². The van der Waals surface area contributed by atoms with Gasteiger partial charge in [0, 0.05) is 38.0 Å². The van der Waals surface area contributed by atoms with Gasteiger partial charge >= 0.3 is 0 Å². The molecular formula is C28H41N5O2. The average Bonchev–Trinajstić information content (AvgIpc) is 3.42. The van der Waals surface area contributed by atoms with E-state index in [-0.39, 0.29) is 17.4 Å². The van der Waals surface area contributed by atoms with E-state index in [1.165, 1.54) is 12.8 Å². The largest absolute Gasteiger partial charge is 0.475 e. The molecule has 0 spiro atoms. The van der Waals surface area contributed by atoms with E-state index < -0.39 is 0 Å². The highest BCUT2D eigenvalue weighted by atomic mass is 16.5. The number of rotatable bonds is 5. The Morgan fingerprint density at radius 1 is 1.06 bits per heavy atom. The van der Waals surface area contributed by atoms with Gasteiger partial charge in [-0.25, -0.2) is 0 Å². The van der Waals surface area contributed by atoms with Crippen molar-refractivity contribution in [3.05, 3.63) is 29.6 Å². The van der Waals surface area contributed by atoms with Crippen molar-refractivity contribution in [2.75, 3.05) is 13.1 Å². The van der Waals surface area contributed by atoms with E-state index in [4.69, 9.17) is 15.6 Å². The van der Waals surface area contributed by atoms with Crippen LogP contribution >= 0.6 is 0 Å². The van der Waals surface area contributed by atoms with Gasteiger partial charge in [-0.15, -0.1) is 0 Å². The summed E-state index contributed by atoms with van der Waals surface area (Å²) in [5.74, 6) is 3.55. The Hall–Kier alpha value is -2.44. The van der Waals surface area contributed by atoms with Crippen molar-refractivity contribution in [3.8, 4) is 0 Å². The zero-order chi connectivity index (χ0) is 24.9. The second-order valence-electron chi connectivity index (χ2n) is 12.3. The molecule has 5 atom stereocenters. The SMILES string of the molecule is Cc1nn(C)cc1C(=N)/C=C\C(=N)OC1C[C@@H]2CN(C(=O)C34CC(C)CC(CC(C)C3)C4)C[C@@H]2C1. The van der Waals surface area contributed by atoms with Crippen LogP contribution in [0.3, 0.4) is 0 Å². The summed E-state index contributed by atoms with van der Waals surface area (Å²) >= 11 is 0. The number of aryl methyl sites for hydroxylation is 2. The highest BCUT2D eigenvalue weighted by Gasteiger charge is 2.53. The van der Waals surface area contributed by atoms with Crippen molar-refractivity contribution < 1.29 is 9.53 Å². The molecule has 0 aromatic carbocycles. The summed E-state index contributed by atoms with van der Waals surface area (Å²) in [7, 11) is 1.84. The molecule has 4 aliphatic rings. The fraction of sp³-hybridized carbons (Fsp3) is 0.714. The first-order valence-corrected chi connectivity index (χ1v) is 13.4. The summed E-state index contributed by atoms with van der Waals surface area (Å²) in [5, 5.41) is 20.8. The van der Waals surface area contributed by atoms with Crippen molar-refractivity contribution in [1.29, 1.82) is 10.8 Å². The first kappa shape index (κ1) is 24.3. The summed E-state index contributed by atoms with van der Waals surface area (Å²) in [4.78, 5) is 16.0. The molecule has 4 fully saturated rings. The number of aromatic nitrogens is 2. The molecule has 3 unspecified atom stereocenters. The van der Waals surface area contributed by atoms with Crippen LogP contribution in [0.25, 0.3) is 0 Å². The van der Waals surface area contributed by atoms with E-state index in [9.17, 15) is 4.79 Å². The number of ether oxygens (including phenoxy) is 1. The minimum atomic E-state index is -0.113. The normalized spacial score (nSPS) is 36.4. The smallest absolute Gasteiger partial charge is 0.228 e. The van der Waals surface area contributed by atoms with E-state index in [2.05, 4.69) is 23.8 Å². The number of carbonyl (C=O) groups is 1. The predicted molar refractivity (Wildman–Crippen MR) is 137 cm³/mol. The van der Waals surface area contributed by atoms with Crippen LogP contribution in [0.4, 0.5) is 0 Å². The summed E-state index contributed by atoms with van der Waals surface area (Å²) in [6, 6.07) is 0. The number of carbonyl (C=O) groups excluding carboxylic acids is 1. The van der Waals surface area contributed by atoms with Gasteiger partial charge in [-0.05, 0) is 87.5 Å². The maximum Gasteiger partial charge on any atom is 0.228 e. The maximum atomic E-state index is 13.8. The van der Waals surface area contributed by atoms with Crippen LogP contribution in [0.15, 0.2) is 18.3 Å². The molecule has 2 N–H and O–H groups in total. The number of nitrogens with zero attached hydrogens (tertiary/aromatic N) is 3. The van der Waals surface area contributed by atoms with E-state index in [1.807, 2.05) is 20.2 Å². The molecule has 1 aromatic heterocycles. The number of allylic oxidation sites excluding steroid dienone is 1. The maximum absolute atomic E-state index is 13.8. The van der Waals surface area contributed by atoms with Crippen LogP contribution in [-0.2, 0) is 16.6 Å². The number of hydrogen-bond donors (Lipinski definition) is 2. The van der Waals surface area contributed by atoms with Crippen LogP contribution < -0.4 is 0 Å². The quantitative estimate of drug-likeness (QED) is 0.472. The van der Waals surface area contributed by atoms with Crippen molar-refractivity contribution in [1.82, 2.24) is 14.7 Å². The number of nitrogens with one attached hydrogen (secondary N) is 2. The third kappa shape index (κ3) is 4.83. The Morgan fingerprint density at radius 3 is 2.26 bits per heavy atom.